The van der Waals surface area contributed by atoms with E-state index < -0.39 is 0 Å². The van der Waals surface area contributed by atoms with Crippen LogP contribution in [-0.2, 0) is 0 Å². The Balaban J connectivity index is 0. The monoisotopic (exact) mass is 196 g/mol. The summed E-state index contributed by atoms with van der Waals surface area (Å²) in [6, 6.07) is 0. The minimum Gasteiger partial charge on any atom is -0.0847 e. The Labute approximate surface area is 91.1 Å². The molecule has 0 heterocycles. The summed E-state index contributed by atoms with van der Waals surface area (Å²) in [7, 11) is 0. The second-order valence-corrected chi connectivity index (χ2v) is 3.96. The molecule has 0 nitrogen and oxygen atoms in total. The van der Waals surface area contributed by atoms with Gasteiger partial charge in [0.1, 0.15) is 0 Å². The molecule has 14 heavy (non-hydrogen) atoms. The molecule has 0 radical (unpaired) electrons. The quantitative estimate of drug-likeness (QED) is 0.531. The van der Waals surface area contributed by atoms with Crippen molar-refractivity contribution in [1.82, 2.24) is 0 Å². The zero-order valence-corrected chi connectivity index (χ0v) is 11.1. The Bertz CT molecular complexity index is 170. The molecule has 0 heteroatoms. The fourth-order valence-electron chi connectivity index (χ4n) is 1.06. The van der Waals surface area contributed by atoms with E-state index in [-0.39, 0.29) is 0 Å². The zero-order chi connectivity index (χ0) is 11.6. The van der Waals surface area contributed by atoms with Crippen molar-refractivity contribution in [2.45, 2.75) is 61.3 Å². The molecule has 0 fully saturated rings. The standard InChI is InChI=1S/C12H22.C2H6/c1-6-11(4)9-12(5)8-7-10(2)3;1-2/h6,9-10H,7-8H2,1-5H3;1-2H3/b11-6-,12-9-;. The molecule has 0 aromatic carbocycles. The fraction of sp³-hybridized carbons (Fsp3) is 0.714. The number of hydrogen-bond acceptors (Lipinski definition) is 0. The first-order chi connectivity index (χ1) is 6.56. The Morgan fingerprint density at radius 3 is 2.00 bits per heavy atom. The Morgan fingerprint density at radius 2 is 1.64 bits per heavy atom. The smallest absolute Gasteiger partial charge is 0.0317 e. The molecule has 0 bridgehead atoms. The second-order valence-electron chi connectivity index (χ2n) is 3.96. The molecule has 0 aliphatic carbocycles. The van der Waals surface area contributed by atoms with Crippen molar-refractivity contribution in [3.63, 3.8) is 0 Å². The van der Waals surface area contributed by atoms with E-state index in [4.69, 9.17) is 0 Å². The van der Waals surface area contributed by atoms with Gasteiger partial charge in [-0.3, -0.25) is 0 Å². The number of rotatable bonds is 4. The van der Waals surface area contributed by atoms with Gasteiger partial charge in [0.2, 0.25) is 0 Å². The highest BCUT2D eigenvalue weighted by molar-refractivity contribution is 5.19. The van der Waals surface area contributed by atoms with E-state index >= 15 is 0 Å². The minimum atomic E-state index is 0.819. The van der Waals surface area contributed by atoms with Gasteiger partial charge in [-0.25, -0.2) is 0 Å². The molecule has 0 N–H and O–H groups in total. The summed E-state index contributed by atoms with van der Waals surface area (Å²) < 4.78 is 0. The first kappa shape index (κ1) is 15.9. The van der Waals surface area contributed by atoms with Crippen LogP contribution in [0.5, 0.6) is 0 Å². The molecule has 0 aliphatic heterocycles. The van der Waals surface area contributed by atoms with Gasteiger partial charge in [-0.1, -0.05) is 51.0 Å². The number of hydrogen-bond donors (Lipinski definition) is 0. The van der Waals surface area contributed by atoms with E-state index in [1.807, 2.05) is 13.8 Å². The highest BCUT2D eigenvalue weighted by atomic mass is 14.0. The van der Waals surface area contributed by atoms with Crippen LogP contribution < -0.4 is 0 Å². The predicted octanol–water partition coefficient (Wildman–Crippen LogP) is 5.36. The molecule has 0 spiro atoms. The molecular formula is C14H28. The Kier molecular flexibility index (Phi) is 12.0. The van der Waals surface area contributed by atoms with Crippen LogP contribution in [0.25, 0.3) is 0 Å². The van der Waals surface area contributed by atoms with Crippen molar-refractivity contribution in [1.29, 1.82) is 0 Å². The summed E-state index contributed by atoms with van der Waals surface area (Å²) >= 11 is 0. The highest BCUT2D eigenvalue weighted by Gasteiger charge is 1.94. The maximum Gasteiger partial charge on any atom is -0.0317 e. The normalized spacial score (nSPS) is 12.6. The van der Waals surface area contributed by atoms with Crippen LogP contribution in [0.15, 0.2) is 23.3 Å². The fourth-order valence-corrected chi connectivity index (χ4v) is 1.06. The molecule has 0 saturated heterocycles. The lowest BCUT2D eigenvalue weighted by molar-refractivity contribution is 0.584. The van der Waals surface area contributed by atoms with Gasteiger partial charge < -0.3 is 0 Å². The Morgan fingerprint density at radius 1 is 1.14 bits per heavy atom. The van der Waals surface area contributed by atoms with E-state index in [1.54, 1.807) is 0 Å². The van der Waals surface area contributed by atoms with Gasteiger partial charge in [-0.2, -0.15) is 0 Å². The number of allylic oxidation sites excluding steroid dienone is 4. The average Bonchev–Trinajstić information content (AvgIpc) is 2.17. The van der Waals surface area contributed by atoms with Crippen molar-refractivity contribution < 1.29 is 0 Å². The van der Waals surface area contributed by atoms with Crippen LogP contribution in [0.1, 0.15) is 61.3 Å². The van der Waals surface area contributed by atoms with Gasteiger partial charge in [0.05, 0.1) is 0 Å². The van der Waals surface area contributed by atoms with Crippen LogP contribution in [0.2, 0.25) is 0 Å². The lowest BCUT2D eigenvalue weighted by Crippen LogP contribution is -1.87. The van der Waals surface area contributed by atoms with Crippen molar-refractivity contribution in [3.05, 3.63) is 23.3 Å². The average molecular weight is 196 g/mol. The van der Waals surface area contributed by atoms with Gasteiger partial charge in [0, 0.05) is 0 Å². The molecule has 0 aromatic rings. The third-order valence-electron chi connectivity index (χ3n) is 2.05. The van der Waals surface area contributed by atoms with E-state index in [0.29, 0.717) is 0 Å². The van der Waals surface area contributed by atoms with Crippen LogP contribution >= 0.6 is 0 Å². The molecule has 0 unspecified atom stereocenters. The van der Waals surface area contributed by atoms with Crippen molar-refractivity contribution in [3.8, 4) is 0 Å². The second kappa shape index (κ2) is 10.6. The maximum absolute atomic E-state index is 2.28. The zero-order valence-electron chi connectivity index (χ0n) is 11.1. The third kappa shape index (κ3) is 11.5. The van der Waals surface area contributed by atoms with Crippen LogP contribution in [0.3, 0.4) is 0 Å². The molecule has 0 saturated carbocycles. The first-order valence-corrected chi connectivity index (χ1v) is 5.86. The molecule has 0 atom stereocenters. The molecular weight excluding hydrogens is 168 g/mol. The molecule has 0 aromatic heterocycles. The predicted molar refractivity (Wildman–Crippen MR) is 68.6 cm³/mol. The van der Waals surface area contributed by atoms with Gasteiger partial charge in [-0.05, 0) is 39.5 Å². The largest absolute Gasteiger partial charge is 0.0847 e. The van der Waals surface area contributed by atoms with Crippen LogP contribution in [0.4, 0.5) is 0 Å². The SMILES string of the molecule is C/C=C(C)\C=C(\C)CCC(C)C.CC. The molecule has 0 aliphatic rings. The van der Waals surface area contributed by atoms with E-state index in [9.17, 15) is 0 Å². The summed E-state index contributed by atoms with van der Waals surface area (Å²) in [5.74, 6) is 0.819. The van der Waals surface area contributed by atoms with Crippen LogP contribution in [-0.4, -0.2) is 0 Å². The summed E-state index contributed by atoms with van der Waals surface area (Å²) in [4.78, 5) is 0. The lowest BCUT2D eigenvalue weighted by Gasteiger charge is -2.04. The lowest BCUT2D eigenvalue weighted by atomic mass is 10.0. The van der Waals surface area contributed by atoms with Crippen molar-refractivity contribution >= 4 is 0 Å². The molecule has 0 amide bonds. The van der Waals surface area contributed by atoms with E-state index in [1.165, 1.54) is 24.0 Å². The molecule has 0 rings (SSSR count). The highest BCUT2D eigenvalue weighted by Crippen LogP contribution is 2.12. The topological polar surface area (TPSA) is 0 Å². The third-order valence-corrected chi connectivity index (χ3v) is 2.05. The first-order valence-electron chi connectivity index (χ1n) is 5.86. The van der Waals surface area contributed by atoms with Gasteiger partial charge in [-0.15, -0.1) is 0 Å². The van der Waals surface area contributed by atoms with Gasteiger partial charge >= 0.3 is 0 Å². The van der Waals surface area contributed by atoms with Crippen molar-refractivity contribution in [2.75, 3.05) is 0 Å². The molecule has 84 valence electrons. The Hall–Kier alpha value is -0.520. The summed E-state index contributed by atoms with van der Waals surface area (Å²) in [6.45, 7) is 15.0. The van der Waals surface area contributed by atoms with E-state index in [2.05, 4.69) is 46.8 Å². The summed E-state index contributed by atoms with van der Waals surface area (Å²) in [5, 5.41) is 0. The summed E-state index contributed by atoms with van der Waals surface area (Å²) in [6.07, 6.45) is 6.98. The maximum atomic E-state index is 2.28. The summed E-state index contributed by atoms with van der Waals surface area (Å²) in [5.41, 5.74) is 2.87. The van der Waals surface area contributed by atoms with Crippen LogP contribution in [0, 0.1) is 5.92 Å². The van der Waals surface area contributed by atoms with Crippen molar-refractivity contribution in [2.24, 2.45) is 5.92 Å². The minimum absolute atomic E-state index is 0.819. The van der Waals surface area contributed by atoms with Gasteiger partial charge in [0.15, 0.2) is 0 Å². The van der Waals surface area contributed by atoms with Gasteiger partial charge in [0.25, 0.3) is 0 Å². The van der Waals surface area contributed by atoms with E-state index in [0.717, 1.165) is 5.92 Å².